The molecule has 3 fully saturated rings. The maximum absolute atomic E-state index is 16.0. The van der Waals surface area contributed by atoms with Gasteiger partial charge in [0.1, 0.15) is 22.5 Å². The number of halogens is 3. The lowest BCUT2D eigenvalue weighted by Crippen LogP contribution is -2.61. The summed E-state index contributed by atoms with van der Waals surface area (Å²) in [4.78, 5) is 49.1. The second kappa shape index (κ2) is 10.9. The number of fused-ring (bicyclic) bond motifs is 3. The summed E-state index contributed by atoms with van der Waals surface area (Å²) in [5.41, 5.74) is -1.61. The number of hydrogen-bond donors (Lipinski definition) is 4. The molecule has 5 atom stereocenters. The fraction of sp³-hybridized carbons (Fsp3) is 0.567. The van der Waals surface area contributed by atoms with Gasteiger partial charge in [-0.1, -0.05) is 43.1 Å². The van der Waals surface area contributed by atoms with Crippen molar-refractivity contribution >= 4 is 46.7 Å². The quantitative estimate of drug-likeness (QED) is 0.378. The molecule has 2 saturated heterocycles. The van der Waals surface area contributed by atoms with Crippen molar-refractivity contribution in [2.75, 3.05) is 19.0 Å². The summed E-state index contributed by atoms with van der Waals surface area (Å²) in [6, 6.07) is 3.48. The smallest absolute Gasteiger partial charge is 0.248 e. The Balaban J connectivity index is 1.46. The molecule has 5 heterocycles. The van der Waals surface area contributed by atoms with Gasteiger partial charge in [-0.05, 0) is 61.6 Å². The number of nitrogens with zero attached hydrogens (tertiary/aromatic N) is 2. The number of anilines is 1. The highest BCUT2D eigenvalue weighted by atomic mass is 35.5. The highest BCUT2D eigenvalue weighted by Crippen LogP contribution is 2.63. The first-order valence-electron chi connectivity index (χ1n) is 14.6. The number of hydrogen-bond acceptors (Lipinski definition) is 7. The van der Waals surface area contributed by atoms with E-state index in [1.165, 1.54) is 12.3 Å². The summed E-state index contributed by atoms with van der Waals surface area (Å²) in [6.07, 6.45) is 4.46. The number of carbonyl (C=O) groups excluding carboxylic acids is 3. The number of nitrogens with one attached hydrogen (secondary N) is 4. The minimum Gasteiger partial charge on any atom is -0.366 e. The number of rotatable bonds is 4. The van der Waals surface area contributed by atoms with Crippen molar-refractivity contribution in [3.8, 4) is 0 Å². The van der Waals surface area contributed by atoms with Crippen LogP contribution in [0.1, 0.15) is 69.4 Å². The molecule has 2 aromatic heterocycles. The van der Waals surface area contributed by atoms with Gasteiger partial charge in [0, 0.05) is 30.3 Å². The number of amides is 3. The highest BCUT2D eigenvalue weighted by Gasteiger charge is 2.73. The van der Waals surface area contributed by atoms with Gasteiger partial charge in [-0.2, -0.15) is 0 Å². The van der Waals surface area contributed by atoms with Crippen molar-refractivity contribution in [3.05, 3.63) is 51.6 Å². The lowest BCUT2D eigenvalue weighted by Gasteiger charge is -2.50. The zero-order chi connectivity index (χ0) is 30.7. The lowest BCUT2D eigenvalue weighted by atomic mass is 9.53. The van der Waals surface area contributed by atoms with Crippen LogP contribution >= 0.6 is 23.2 Å². The van der Waals surface area contributed by atoms with Crippen LogP contribution in [0, 0.1) is 11.2 Å². The third-order valence-corrected chi connectivity index (χ3v) is 10.4. The topological polar surface area (TPSA) is 134 Å². The molecule has 13 heteroatoms. The van der Waals surface area contributed by atoms with E-state index in [0.29, 0.717) is 37.1 Å². The molecule has 230 valence electrons. The molecule has 4 aliphatic rings. The fourth-order valence-electron chi connectivity index (χ4n) is 7.72. The van der Waals surface area contributed by atoms with Crippen LogP contribution in [0.15, 0.2) is 24.4 Å². The molecule has 0 unspecified atom stereocenters. The summed E-state index contributed by atoms with van der Waals surface area (Å²) in [5, 5.41) is 12.1. The average Bonchev–Trinajstić information content (AvgIpc) is 3.44. The summed E-state index contributed by atoms with van der Waals surface area (Å²) < 4.78 is 21.7. The SMILES string of the molecule is CNC(=O)[C@@H]1CC[C@@H](NC(=O)[C@@H]2NC3(CCC(C)(C)CC3)[C@@]3(C(=O)Nc4nc(Cl)ccc43)[C@H]2c2ccnc(Cl)c2F)CO1. The Bertz CT molecular complexity index is 1470. The Morgan fingerprint density at radius 3 is 2.51 bits per heavy atom. The molecule has 43 heavy (non-hydrogen) atoms. The lowest BCUT2D eigenvalue weighted by molar-refractivity contribution is -0.136. The third-order valence-electron chi connectivity index (χ3n) is 9.97. The second-order valence-corrected chi connectivity index (χ2v) is 13.6. The Kier molecular flexibility index (Phi) is 7.68. The van der Waals surface area contributed by atoms with Crippen LogP contribution in [0.25, 0.3) is 0 Å². The van der Waals surface area contributed by atoms with Crippen LogP contribution in [0.4, 0.5) is 10.2 Å². The van der Waals surface area contributed by atoms with Crippen LogP contribution in [0.3, 0.4) is 0 Å². The predicted octanol–water partition coefficient (Wildman–Crippen LogP) is 3.62. The van der Waals surface area contributed by atoms with Gasteiger partial charge in [0.05, 0.1) is 18.7 Å². The van der Waals surface area contributed by atoms with E-state index in [4.69, 9.17) is 27.9 Å². The summed E-state index contributed by atoms with van der Waals surface area (Å²) >= 11 is 12.4. The van der Waals surface area contributed by atoms with Gasteiger partial charge in [-0.3, -0.25) is 19.7 Å². The number of ether oxygens (including phenoxy) is 1. The van der Waals surface area contributed by atoms with Crippen molar-refractivity contribution in [1.29, 1.82) is 0 Å². The van der Waals surface area contributed by atoms with E-state index in [9.17, 15) is 14.4 Å². The first kappa shape index (κ1) is 30.2. The van der Waals surface area contributed by atoms with Crippen LogP contribution in [0.2, 0.25) is 10.3 Å². The molecular weight excluding hydrogens is 598 g/mol. The van der Waals surface area contributed by atoms with Crippen LogP contribution in [-0.2, 0) is 24.5 Å². The van der Waals surface area contributed by atoms with E-state index in [-0.39, 0.29) is 45.7 Å². The van der Waals surface area contributed by atoms with Gasteiger partial charge in [-0.25, -0.2) is 14.4 Å². The van der Waals surface area contributed by atoms with Gasteiger partial charge in [0.2, 0.25) is 17.7 Å². The Morgan fingerprint density at radius 1 is 1.09 bits per heavy atom. The number of pyridine rings is 2. The van der Waals surface area contributed by atoms with E-state index >= 15 is 4.39 Å². The molecule has 1 aliphatic carbocycles. The van der Waals surface area contributed by atoms with E-state index < -0.39 is 40.7 Å². The molecular formula is C30H35Cl2FN6O4. The molecule has 3 aliphatic heterocycles. The molecule has 0 aromatic carbocycles. The minimum atomic E-state index is -1.41. The Morgan fingerprint density at radius 2 is 1.84 bits per heavy atom. The van der Waals surface area contributed by atoms with E-state index in [1.54, 1.807) is 19.2 Å². The van der Waals surface area contributed by atoms with Gasteiger partial charge in [0.25, 0.3) is 0 Å². The van der Waals surface area contributed by atoms with Crippen molar-refractivity contribution < 1.29 is 23.5 Å². The standard InChI is InChI=1S/C30H35Cl2FN6O4/c1-28(2)9-11-29(12-10-28)30(17-5-7-19(31)37-24(17)38-27(30)42)20(16-8-13-35-23(32)21(16)33)22(39-29)26(41)36-15-4-6-18(43-14-15)25(40)34-3/h5,7-8,13,15,18,20,22,39H,4,6,9-12,14H2,1-3H3,(H,34,40)(H,36,41)(H,37,38,42)/t15-,18+,20+,22-,30-/m1/s1. The van der Waals surface area contributed by atoms with Gasteiger partial charge in [0.15, 0.2) is 11.0 Å². The first-order valence-corrected chi connectivity index (χ1v) is 15.4. The predicted molar refractivity (Wildman–Crippen MR) is 158 cm³/mol. The first-order chi connectivity index (χ1) is 20.4. The third kappa shape index (κ3) is 4.79. The fourth-order valence-corrected chi connectivity index (χ4v) is 8.03. The molecule has 1 saturated carbocycles. The second-order valence-electron chi connectivity index (χ2n) is 12.9. The van der Waals surface area contributed by atoms with Crippen LogP contribution in [-0.4, -0.2) is 65.1 Å². The van der Waals surface area contributed by atoms with E-state index in [0.717, 1.165) is 12.8 Å². The van der Waals surface area contributed by atoms with Crippen molar-refractivity contribution in [2.45, 2.75) is 87.4 Å². The van der Waals surface area contributed by atoms with Crippen molar-refractivity contribution in [3.63, 3.8) is 0 Å². The van der Waals surface area contributed by atoms with E-state index in [1.807, 2.05) is 0 Å². The largest absolute Gasteiger partial charge is 0.366 e. The maximum atomic E-state index is 16.0. The molecule has 6 rings (SSSR count). The molecule has 4 N–H and O–H groups in total. The van der Waals surface area contributed by atoms with E-state index in [2.05, 4.69) is 45.1 Å². The normalized spacial score (nSPS) is 30.6. The molecule has 0 radical (unpaired) electrons. The molecule has 2 aromatic rings. The van der Waals surface area contributed by atoms with Gasteiger partial charge < -0.3 is 20.7 Å². The average molecular weight is 634 g/mol. The zero-order valence-corrected chi connectivity index (χ0v) is 25.7. The van der Waals surface area contributed by atoms with Crippen molar-refractivity contribution in [2.24, 2.45) is 5.41 Å². The molecule has 10 nitrogen and oxygen atoms in total. The van der Waals surface area contributed by atoms with Gasteiger partial charge in [-0.15, -0.1) is 0 Å². The van der Waals surface area contributed by atoms with Crippen LogP contribution in [0.5, 0.6) is 0 Å². The summed E-state index contributed by atoms with van der Waals surface area (Å²) in [6.45, 7) is 4.52. The molecule has 0 bridgehead atoms. The number of likely N-dealkylation sites (N-methyl/N-ethyl adjacent to an activating group) is 1. The Hall–Kier alpha value is -2.86. The maximum Gasteiger partial charge on any atom is 0.248 e. The zero-order valence-electron chi connectivity index (χ0n) is 24.2. The highest BCUT2D eigenvalue weighted by molar-refractivity contribution is 6.30. The number of carbonyl (C=O) groups is 3. The summed E-state index contributed by atoms with van der Waals surface area (Å²) in [7, 11) is 1.55. The summed E-state index contributed by atoms with van der Waals surface area (Å²) in [5.74, 6) is -2.45. The minimum absolute atomic E-state index is 0.0199. The number of aromatic nitrogens is 2. The van der Waals surface area contributed by atoms with Crippen molar-refractivity contribution in [1.82, 2.24) is 25.9 Å². The molecule has 3 amide bonds. The monoisotopic (exact) mass is 632 g/mol. The van der Waals surface area contributed by atoms with Gasteiger partial charge >= 0.3 is 0 Å². The van der Waals surface area contributed by atoms with Crippen LogP contribution < -0.4 is 21.3 Å². The Labute approximate surface area is 259 Å². The molecule has 2 spiro atoms.